The standard InChI is InChI=1S/C21H20BrF3N6/c1-11(13-5-14(21(23,24)25)7-16(26)6-13)28-20-17-9-31(10-18(17)29-12(2)30-20)19-4-3-15(22)8-27-19/h3-8,11H,9-10,26H2,1-2H3,(H,28,29,30). The van der Waals surface area contributed by atoms with E-state index in [1.165, 1.54) is 0 Å². The second kappa shape index (κ2) is 7.99. The summed E-state index contributed by atoms with van der Waals surface area (Å²) in [7, 11) is 0. The van der Waals surface area contributed by atoms with Crippen LogP contribution in [0.2, 0.25) is 0 Å². The maximum Gasteiger partial charge on any atom is 0.416 e. The number of alkyl halides is 3. The summed E-state index contributed by atoms with van der Waals surface area (Å²) in [6, 6.07) is 6.98. The number of aromatic nitrogens is 3. The molecular formula is C21H20BrF3N6. The van der Waals surface area contributed by atoms with Gasteiger partial charge in [-0.3, -0.25) is 0 Å². The molecule has 1 unspecified atom stereocenters. The quantitative estimate of drug-likeness (QED) is 0.485. The fourth-order valence-electron chi connectivity index (χ4n) is 3.59. The van der Waals surface area contributed by atoms with Crippen molar-refractivity contribution in [3.05, 3.63) is 69.2 Å². The molecule has 0 amide bonds. The fourth-order valence-corrected chi connectivity index (χ4v) is 3.83. The number of nitrogens with one attached hydrogen (secondary N) is 1. The van der Waals surface area contributed by atoms with Gasteiger partial charge in [0.15, 0.2) is 0 Å². The zero-order chi connectivity index (χ0) is 22.3. The van der Waals surface area contributed by atoms with E-state index in [0.29, 0.717) is 30.3 Å². The maximum atomic E-state index is 13.2. The molecule has 1 aromatic carbocycles. The van der Waals surface area contributed by atoms with Gasteiger partial charge in [0, 0.05) is 21.9 Å². The van der Waals surface area contributed by atoms with Gasteiger partial charge in [-0.1, -0.05) is 0 Å². The molecule has 0 saturated heterocycles. The Bertz CT molecular complexity index is 1120. The van der Waals surface area contributed by atoms with Crippen LogP contribution >= 0.6 is 15.9 Å². The van der Waals surface area contributed by atoms with Crippen molar-refractivity contribution in [1.29, 1.82) is 0 Å². The number of nitrogen functional groups attached to an aromatic ring is 1. The second-order valence-electron chi connectivity index (χ2n) is 7.49. The van der Waals surface area contributed by atoms with Crippen LogP contribution in [0.1, 0.15) is 41.2 Å². The van der Waals surface area contributed by atoms with E-state index in [1.54, 1.807) is 26.1 Å². The van der Waals surface area contributed by atoms with Crippen LogP contribution < -0.4 is 16.0 Å². The summed E-state index contributed by atoms with van der Waals surface area (Å²) < 4.78 is 40.5. The number of pyridine rings is 1. The van der Waals surface area contributed by atoms with Crippen LogP contribution in [-0.4, -0.2) is 15.0 Å². The van der Waals surface area contributed by atoms with Gasteiger partial charge in [0.05, 0.1) is 30.4 Å². The number of anilines is 3. The molecule has 0 saturated carbocycles. The third-order valence-corrected chi connectivity index (χ3v) is 5.56. The second-order valence-corrected chi connectivity index (χ2v) is 8.40. The highest BCUT2D eigenvalue weighted by Gasteiger charge is 2.32. The number of aryl methyl sites for hydroxylation is 1. The van der Waals surface area contributed by atoms with E-state index < -0.39 is 17.8 Å². The highest BCUT2D eigenvalue weighted by molar-refractivity contribution is 9.10. The first-order chi connectivity index (χ1) is 14.6. The lowest BCUT2D eigenvalue weighted by Gasteiger charge is -2.20. The molecule has 162 valence electrons. The Morgan fingerprint density at radius 2 is 1.94 bits per heavy atom. The molecule has 0 spiro atoms. The van der Waals surface area contributed by atoms with Crippen LogP contribution in [0.15, 0.2) is 41.0 Å². The number of fused-ring (bicyclic) bond motifs is 1. The van der Waals surface area contributed by atoms with Gasteiger partial charge in [0.2, 0.25) is 0 Å². The van der Waals surface area contributed by atoms with Gasteiger partial charge in [0.25, 0.3) is 0 Å². The smallest absolute Gasteiger partial charge is 0.399 e. The maximum absolute atomic E-state index is 13.2. The Hall–Kier alpha value is -2.88. The first kappa shape index (κ1) is 21.4. The monoisotopic (exact) mass is 492 g/mol. The Balaban J connectivity index is 1.61. The summed E-state index contributed by atoms with van der Waals surface area (Å²) in [6.45, 7) is 4.69. The molecule has 31 heavy (non-hydrogen) atoms. The minimum absolute atomic E-state index is 0.0649. The summed E-state index contributed by atoms with van der Waals surface area (Å²) in [5, 5.41) is 3.26. The van der Waals surface area contributed by atoms with E-state index in [0.717, 1.165) is 33.7 Å². The molecule has 0 aliphatic carbocycles. The zero-order valence-corrected chi connectivity index (χ0v) is 18.4. The first-order valence-electron chi connectivity index (χ1n) is 9.57. The number of hydrogen-bond acceptors (Lipinski definition) is 6. The van der Waals surface area contributed by atoms with Crippen molar-refractivity contribution in [2.75, 3.05) is 16.0 Å². The van der Waals surface area contributed by atoms with E-state index in [-0.39, 0.29) is 5.69 Å². The summed E-state index contributed by atoms with van der Waals surface area (Å²) in [6.07, 6.45) is -2.73. The number of benzene rings is 1. The van der Waals surface area contributed by atoms with Gasteiger partial charge in [-0.2, -0.15) is 13.2 Å². The van der Waals surface area contributed by atoms with Crippen molar-refractivity contribution >= 4 is 33.3 Å². The van der Waals surface area contributed by atoms with Gasteiger partial charge in [-0.05, 0) is 65.7 Å². The van der Waals surface area contributed by atoms with Crippen molar-refractivity contribution in [2.24, 2.45) is 0 Å². The molecule has 1 aliphatic heterocycles. The molecule has 1 atom stereocenters. The highest BCUT2D eigenvalue weighted by Crippen LogP contribution is 2.35. The molecule has 3 N–H and O–H groups in total. The molecule has 6 nitrogen and oxygen atoms in total. The van der Waals surface area contributed by atoms with Crippen LogP contribution in [0.5, 0.6) is 0 Å². The minimum atomic E-state index is -4.46. The van der Waals surface area contributed by atoms with Crippen molar-refractivity contribution in [3.8, 4) is 0 Å². The van der Waals surface area contributed by atoms with E-state index >= 15 is 0 Å². The molecule has 3 aromatic rings. The molecule has 2 aromatic heterocycles. The topological polar surface area (TPSA) is 80.0 Å². The Labute approximate surface area is 185 Å². The summed E-state index contributed by atoms with van der Waals surface area (Å²) in [4.78, 5) is 15.6. The number of nitrogens with zero attached hydrogens (tertiary/aromatic N) is 4. The van der Waals surface area contributed by atoms with E-state index in [4.69, 9.17) is 5.73 Å². The van der Waals surface area contributed by atoms with Gasteiger partial charge >= 0.3 is 6.18 Å². The lowest BCUT2D eigenvalue weighted by Crippen LogP contribution is -2.16. The number of hydrogen-bond donors (Lipinski definition) is 2. The summed E-state index contributed by atoms with van der Waals surface area (Å²) >= 11 is 3.38. The summed E-state index contributed by atoms with van der Waals surface area (Å²) in [5.41, 5.74) is 7.23. The van der Waals surface area contributed by atoms with Crippen molar-refractivity contribution in [1.82, 2.24) is 15.0 Å². The Morgan fingerprint density at radius 1 is 1.16 bits per heavy atom. The molecule has 10 heteroatoms. The van der Waals surface area contributed by atoms with Crippen LogP contribution in [0.25, 0.3) is 0 Å². The average Bonchev–Trinajstić information content (AvgIpc) is 3.11. The van der Waals surface area contributed by atoms with Crippen LogP contribution in [0.3, 0.4) is 0 Å². The minimum Gasteiger partial charge on any atom is -0.399 e. The average molecular weight is 493 g/mol. The largest absolute Gasteiger partial charge is 0.416 e. The van der Waals surface area contributed by atoms with Gasteiger partial charge < -0.3 is 16.0 Å². The first-order valence-corrected chi connectivity index (χ1v) is 10.4. The zero-order valence-electron chi connectivity index (χ0n) is 16.8. The van der Waals surface area contributed by atoms with Crippen LogP contribution in [0.4, 0.5) is 30.5 Å². The number of nitrogens with two attached hydrogens (primary N) is 1. The van der Waals surface area contributed by atoms with Crippen LogP contribution in [0, 0.1) is 6.92 Å². The molecule has 3 heterocycles. The number of halogens is 4. The molecular weight excluding hydrogens is 473 g/mol. The van der Waals surface area contributed by atoms with Crippen molar-refractivity contribution < 1.29 is 13.2 Å². The molecule has 0 radical (unpaired) electrons. The predicted molar refractivity (Wildman–Crippen MR) is 116 cm³/mol. The van der Waals surface area contributed by atoms with Gasteiger partial charge in [0.1, 0.15) is 17.5 Å². The normalized spacial score (nSPS) is 14.5. The lowest BCUT2D eigenvalue weighted by molar-refractivity contribution is -0.137. The lowest BCUT2D eigenvalue weighted by atomic mass is 10.0. The Morgan fingerprint density at radius 3 is 2.61 bits per heavy atom. The number of rotatable bonds is 4. The van der Waals surface area contributed by atoms with Gasteiger partial charge in [-0.15, -0.1) is 0 Å². The fraction of sp³-hybridized carbons (Fsp3) is 0.286. The van der Waals surface area contributed by atoms with Crippen molar-refractivity contribution in [2.45, 2.75) is 39.2 Å². The predicted octanol–water partition coefficient (Wildman–Crippen LogP) is 5.24. The van der Waals surface area contributed by atoms with Crippen LogP contribution in [-0.2, 0) is 19.3 Å². The summed E-state index contributed by atoms with van der Waals surface area (Å²) in [5.74, 6) is 2.00. The van der Waals surface area contributed by atoms with E-state index in [1.807, 2.05) is 12.1 Å². The van der Waals surface area contributed by atoms with Gasteiger partial charge in [-0.25, -0.2) is 15.0 Å². The SMILES string of the molecule is Cc1nc2c(c(NC(C)c3cc(N)cc(C(F)(F)F)c3)n1)CN(c1ccc(Br)cn1)C2. The van der Waals surface area contributed by atoms with E-state index in [2.05, 4.69) is 41.1 Å². The molecule has 1 aliphatic rings. The Kier molecular flexibility index (Phi) is 5.50. The van der Waals surface area contributed by atoms with Crippen molar-refractivity contribution in [3.63, 3.8) is 0 Å². The molecule has 4 rings (SSSR count). The third kappa shape index (κ3) is 4.58. The molecule has 0 bridgehead atoms. The third-order valence-electron chi connectivity index (χ3n) is 5.09. The highest BCUT2D eigenvalue weighted by atomic mass is 79.9. The molecule has 0 fully saturated rings. The van der Waals surface area contributed by atoms with E-state index in [9.17, 15) is 13.2 Å².